The third-order valence-corrected chi connectivity index (χ3v) is 7.76. The van der Waals surface area contributed by atoms with Crippen LogP contribution < -0.4 is 10.6 Å². The van der Waals surface area contributed by atoms with Gasteiger partial charge in [-0.15, -0.1) is 0 Å². The first-order valence-electron chi connectivity index (χ1n) is 13.0. The smallest absolute Gasteiger partial charge is 0.224 e. The fourth-order valence-corrected chi connectivity index (χ4v) is 5.43. The van der Waals surface area contributed by atoms with Crippen molar-refractivity contribution < 1.29 is 5.11 Å². The Bertz CT molecular complexity index is 1110. The summed E-state index contributed by atoms with van der Waals surface area (Å²) in [5, 5.41) is 18.0. The number of nitrogens with zero attached hydrogens (tertiary/aromatic N) is 4. The van der Waals surface area contributed by atoms with Gasteiger partial charge in [0.1, 0.15) is 5.65 Å². The summed E-state index contributed by atoms with van der Waals surface area (Å²) in [6, 6.07) is 9.41. The highest BCUT2D eigenvalue weighted by Crippen LogP contribution is 2.37. The van der Waals surface area contributed by atoms with Crippen molar-refractivity contribution in [3.63, 3.8) is 0 Å². The summed E-state index contributed by atoms with van der Waals surface area (Å²) < 4.78 is 2.36. The Morgan fingerprint density at radius 3 is 2.50 bits per heavy atom. The summed E-state index contributed by atoms with van der Waals surface area (Å²) in [6.45, 7) is 6.34. The lowest BCUT2D eigenvalue weighted by atomic mass is 9.93. The van der Waals surface area contributed by atoms with Gasteiger partial charge < -0.3 is 20.3 Å². The second kappa shape index (κ2) is 9.64. The molecule has 2 aromatic heterocycles. The number of benzene rings is 1. The summed E-state index contributed by atoms with van der Waals surface area (Å²) in [5.74, 6) is 1.51. The molecule has 3 aromatic rings. The van der Waals surface area contributed by atoms with Crippen molar-refractivity contribution in [3.8, 4) is 11.1 Å². The Balaban J connectivity index is 1.29. The molecule has 3 fully saturated rings. The normalized spacial score (nSPS) is 23.9. The Kier molecular flexibility index (Phi) is 6.24. The van der Waals surface area contributed by atoms with Crippen molar-refractivity contribution in [1.82, 2.24) is 24.8 Å². The number of rotatable bonds is 7. The summed E-state index contributed by atoms with van der Waals surface area (Å²) in [4.78, 5) is 12.2. The Hall–Kier alpha value is -2.48. The van der Waals surface area contributed by atoms with Crippen LogP contribution in [-0.2, 0) is 6.54 Å². The first-order chi connectivity index (χ1) is 16.7. The van der Waals surface area contributed by atoms with E-state index in [-0.39, 0.29) is 6.10 Å². The van der Waals surface area contributed by atoms with Gasteiger partial charge in [-0.3, -0.25) is 4.90 Å². The van der Waals surface area contributed by atoms with E-state index in [0.717, 1.165) is 87.9 Å². The first-order valence-corrected chi connectivity index (χ1v) is 13.0. The molecule has 180 valence electrons. The van der Waals surface area contributed by atoms with Crippen molar-refractivity contribution in [2.75, 3.05) is 38.0 Å². The van der Waals surface area contributed by atoms with Gasteiger partial charge in [0, 0.05) is 68.7 Å². The summed E-state index contributed by atoms with van der Waals surface area (Å²) in [5.41, 5.74) is 4.78. The second-order valence-corrected chi connectivity index (χ2v) is 10.4. The minimum absolute atomic E-state index is 0.161. The average molecular weight is 461 g/mol. The van der Waals surface area contributed by atoms with E-state index in [9.17, 15) is 5.11 Å². The maximum absolute atomic E-state index is 10.0. The quantitative estimate of drug-likeness (QED) is 0.498. The van der Waals surface area contributed by atoms with Crippen molar-refractivity contribution in [1.29, 1.82) is 0 Å². The molecule has 7 nitrogen and oxygen atoms in total. The molecule has 2 saturated carbocycles. The van der Waals surface area contributed by atoms with E-state index in [0.29, 0.717) is 6.04 Å². The van der Waals surface area contributed by atoms with Gasteiger partial charge in [-0.1, -0.05) is 24.3 Å². The van der Waals surface area contributed by atoms with Crippen LogP contribution in [0.5, 0.6) is 0 Å². The van der Waals surface area contributed by atoms with E-state index in [1.807, 2.05) is 6.20 Å². The van der Waals surface area contributed by atoms with Gasteiger partial charge in [-0.05, 0) is 55.6 Å². The summed E-state index contributed by atoms with van der Waals surface area (Å²) >= 11 is 0. The van der Waals surface area contributed by atoms with Crippen LogP contribution in [0.1, 0.15) is 50.1 Å². The third kappa shape index (κ3) is 4.83. The van der Waals surface area contributed by atoms with E-state index in [4.69, 9.17) is 4.98 Å². The Morgan fingerprint density at radius 1 is 1.00 bits per heavy atom. The van der Waals surface area contributed by atoms with Crippen molar-refractivity contribution in [2.24, 2.45) is 5.92 Å². The Labute approximate surface area is 201 Å². The minimum atomic E-state index is -0.161. The van der Waals surface area contributed by atoms with Gasteiger partial charge >= 0.3 is 0 Å². The lowest BCUT2D eigenvalue weighted by molar-refractivity contribution is 0.111. The van der Waals surface area contributed by atoms with Gasteiger partial charge in [0.2, 0.25) is 5.95 Å². The van der Waals surface area contributed by atoms with Gasteiger partial charge in [-0.25, -0.2) is 4.98 Å². The molecule has 0 radical (unpaired) electrons. The van der Waals surface area contributed by atoms with Gasteiger partial charge in [0.05, 0.1) is 6.10 Å². The molecule has 0 atom stereocenters. The van der Waals surface area contributed by atoms with Gasteiger partial charge in [-0.2, -0.15) is 4.98 Å². The largest absolute Gasteiger partial charge is 0.393 e. The fourth-order valence-electron chi connectivity index (χ4n) is 5.43. The minimum Gasteiger partial charge on any atom is -0.393 e. The molecule has 0 bridgehead atoms. The van der Waals surface area contributed by atoms with Crippen LogP contribution in [0, 0.1) is 5.92 Å². The predicted octanol–water partition coefficient (Wildman–Crippen LogP) is 3.80. The van der Waals surface area contributed by atoms with Crippen LogP contribution in [0.15, 0.2) is 36.7 Å². The fraction of sp³-hybridized carbons (Fsp3) is 0.556. The zero-order valence-corrected chi connectivity index (χ0v) is 19.9. The molecule has 7 heteroatoms. The van der Waals surface area contributed by atoms with Crippen LogP contribution >= 0.6 is 0 Å². The van der Waals surface area contributed by atoms with E-state index < -0.39 is 0 Å². The summed E-state index contributed by atoms with van der Waals surface area (Å²) in [7, 11) is 0. The number of aliphatic hydroxyl groups is 1. The zero-order chi connectivity index (χ0) is 22.9. The highest BCUT2D eigenvalue weighted by Gasteiger charge is 2.25. The van der Waals surface area contributed by atoms with E-state index in [1.165, 1.54) is 29.5 Å². The molecular weight excluding hydrogens is 424 g/mol. The number of piperazine rings is 1. The third-order valence-electron chi connectivity index (χ3n) is 7.76. The highest BCUT2D eigenvalue weighted by molar-refractivity contribution is 5.94. The Morgan fingerprint density at radius 2 is 1.76 bits per heavy atom. The number of aliphatic hydroxyl groups excluding tert-OH is 1. The molecule has 0 amide bonds. The van der Waals surface area contributed by atoms with E-state index in [1.54, 1.807) is 0 Å². The first kappa shape index (κ1) is 22.0. The number of fused-ring (bicyclic) bond motifs is 1. The van der Waals surface area contributed by atoms with Crippen LogP contribution in [0.25, 0.3) is 22.2 Å². The molecule has 3 aliphatic rings. The van der Waals surface area contributed by atoms with Crippen molar-refractivity contribution in [3.05, 3.63) is 42.2 Å². The zero-order valence-electron chi connectivity index (χ0n) is 19.9. The molecule has 1 aliphatic heterocycles. The summed E-state index contributed by atoms with van der Waals surface area (Å²) in [6.07, 6.45) is 10.4. The average Bonchev–Trinajstić information content (AvgIpc) is 3.64. The number of hydrogen-bond donors (Lipinski definition) is 3. The van der Waals surface area contributed by atoms with Crippen LogP contribution in [0.4, 0.5) is 5.95 Å². The lowest BCUT2D eigenvalue weighted by Crippen LogP contribution is -2.42. The molecule has 2 aliphatic carbocycles. The van der Waals surface area contributed by atoms with E-state index in [2.05, 4.69) is 55.5 Å². The second-order valence-electron chi connectivity index (χ2n) is 10.4. The number of nitrogens with one attached hydrogen (secondary N) is 2. The molecule has 6 rings (SSSR count). The van der Waals surface area contributed by atoms with Crippen LogP contribution in [-0.4, -0.2) is 63.4 Å². The number of anilines is 1. The topological polar surface area (TPSA) is 78.2 Å². The van der Waals surface area contributed by atoms with Crippen molar-refractivity contribution >= 4 is 17.0 Å². The van der Waals surface area contributed by atoms with Gasteiger partial charge in [0.15, 0.2) is 0 Å². The van der Waals surface area contributed by atoms with Crippen LogP contribution in [0.2, 0.25) is 0 Å². The van der Waals surface area contributed by atoms with E-state index >= 15 is 0 Å². The molecule has 3 N–H and O–H groups in total. The van der Waals surface area contributed by atoms with Crippen LogP contribution in [0.3, 0.4) is 0 Å². The molecule has 34 heavy (non-hydrogen) atoms. The SMILES string of the molecule is OC1CCC(n2cc(-c3ccc(CN4CCNCC4)cc3)c3cnc(NCC4CC4)nc32)CC1. The number of hydrogen-bond acceptors (Lipinski definition) is 6. The molecule has 1 saturated heterocycles. The molecule has 0 unspecified atom stereocenters. The molecule has 0 spiro atoms. The predicted molar refractivity (Wildman–Crippen MR) is 136 cm³/mol. The maximum Gasteiger partial charge on any atom is 0.224 e. The lowest BCUT2D eigenvalue weighted by Gasteiger charge is -2.27. The standard InChI is InChI=1S/C27H36N6O/c34-23-9-7-22(8-10-23)33-18-25(24-16-30-27(31-26(24)33)29-15-19-1-2-19)21-5-3-20(4-6-21)17-32-13-11-28-12-14-32/h3-6,16,18-19,22-23,28,34H,1-2,7-15,17H2,(H,29,30,31). The molecular formula is C27H36N6O. The van der Waals surface area contributed by atoms with Gasteiger partial charge in [0.25, 0.3) is 0 Å². The maximum atomic E-state index is 10.0. The highest BCUT2D eigenvalue weighted by atomic mass is 16.3. The monoisotopic (exact) mass is 460 g/mol. The van der Waals surface area contributed by atoms with Crippen molar-refractivity contribution in [2.45, 2.75) is 57.2 Å². The molecule has 3 heterocycles. The number of aromatic nitrogens is 3. The molecule has 1 aromatic carbocycles.